The van der Waals surface area contributed by atoms with Gasteiger partial charge in [0.1, 0.15) is 22.5 Å². The molecule has 0 saturated carbocycles. The van der Waals surface area contributed by atoms with E-state index in [9.17, 15) is 14.7 Å². The van der Waals surface area contributed by atoms with Crippen LogP contribution < -0.4 is 0 Å². The van der Waals surface area contributed by atoms with Crippen molar-refractivity contribution in [1.29, 1.82) is 0 Å². The van der Waals surface area contributed by atoms with Crippen LogP contribution in [-0.4, -0.2) is 45.6 Å². The van der Waals surface area contributed by atoms with Crippen LogP contribution in [0.25, 0.3) is 16.7 Å². The van der Waals surface area contributed by atoms with Crippen LogP contribution in [0.3, 0.4) is 0 Å². The Balaban J connectivity index is 1.73. The number of carbonyl (C=O) groups excluding carboxylic acids is 2. The number of phenolic OH excluding ortho intramolecular Hbond substituents is 1. The van der Waals surface area contributed by atoms with Crippen molar-refractivity contribution in [2.45, 2.75) is 45.4 Å². The summed E-state index contributed by atoms with van der Waals surface area (Å²) in [6.45, 7) is 9.90. The van der Waals surface area contributed by atoms with Gasteiger partial charge in [0, 0.05) is 18.4 Å². The minimum absolute atomic E-state index is 0.0543. The van der Waals surface area contributed by atoms with E-state index in [-0.39, 0.29) is 42.5 Å². The fourth-order valence-corrected chi connectivity index (χ4v) is 3.31. The molecule has 0 aliphatic heterocycles. The van der Waals surface area contributed by atoms with E-state index in [1.54, 1.807) is 6.07 Å². The number of aromatic nitrogens is 3. The van der Waals surface area contributed by atoms with E-state index in [0.717, 1.165) is 22.2 Å². The van der Waals surface area contributed by atoms with Crippen molar-refractivity contribution in [3.05, 3.63) is 59.9 Å². The third-order valence-corrected chi connectivity index (χ3v) is 5.05. The van der Waals surface area contributed by atoms with Gasteiger partial charge in [-0.15, -0.1) is 15.0 Å². The molecule has 1 aromatic heterocycles. The molecule has 0 bridgehead atoms. The highest BCUT2D eigenvalue weighted by molar-refractivity contribution is 5.74. The normalized spacial score (nSPS) is 11.4. The zero-order valence-electron chi connectivity index (χ0n) is 19.2. The number of nitrogens with zero attached hydrogens (tertiary/aromatic N) is 3. The number of aldehydes is 1. The highest BCUT2D eigenvalue weighted by Gasteiger charge is 2.23. The molecule has 0 atom stereocenters. The Morgan fingerprint density at radius 3 is 2.36 bits per heavy atom. The van der Waals surface area contributed by atoms with Gasteiger partial charge < -0.3 is 14.6 Å². The van der Waals surface area contributed by atoms with Crippen molar-refractivity contribution in [2.75, 3.05) is 13.2 Å². The fourth-order valence-electron chi connectivity index (χ4n) is 3.31. The number of hydrogen-bond donors (Lipinski definition) is 1. The lowest BCUT2D eigenvalue weighted by Gasteiger charge is -2.23. The second-order valence-electron chi connectivity index (χ2n) is 8.75. The van der Waals surface area contributed by atoms with Gasteiger partial charge in [-0.25, -0.2) is 0 Å². The smallest absolute Gasteiger partial charge is 0.306 e. The van der Waals surface area contributed by atoms with Gasteiger partial charge >= 0.3 is 5.97 Å². The van der Waals surface area contributed by atoms with E-state index in [0.29, 0.717) is 24.8 Å². The largest absolute Gasteiger partial charge is 0.505 e. The molecule has 1 heterocycles. The van der Waals surface area contributed by atoms with Crippen molar-refractivity contribution >= 4 is 23.3 Å². The van der Waals surface area contributed by atoms with Gasteiger partial charge in [-0.2, -0.15) is 0 Å². The quantitative estimate of drug-likeness (QED) is 0.163. The predicted molar refractivity (Wildman–Crippen MR) is 124 cm³/mol. The summed E-state index contributed by atoms with van der Waals surface area (Å²) < 4.78 is 10.3. The Morgan fingerprint density at radius 2 is 1.76 bits per heavy atom. The molecule has 8 heteroatoms. The molecule has 0 saturated heterocycles. The van der Waals surface area contributed by atoms with Crippen molar-refractivity contribution in [2.24, 2.45) is 0 Å². The Bertz CT molecular complexity index is 1130. The van der Waals surface area contributed by atoms with Crippen molar-refractivity contribution in [1.82, 2.24) is 15.0 Å². The number of aryl methyl sites for hydroxylation is 1. The van der Waals surface area contributed by atoms with E-state index in [4.69, 9.17) is 9.47 Å². The monoisotopic (exact) mass is 451 g/mol. The minimum atomic E-state index is -0.334. The van der Waals surface area contributed by atoms with Gasteiger partial charge in [-0.05, 0) is 35.6 Å². The van der Waals surface area contributed by atoms with Crippen LogP contribution in [0, 0.1) is 0 Å². The Morgan fingerprint density at radius 1 is 1.12 bits per heavy atom. The summed E-state index contributed by atoms with van der Waals surface area (Å²) in [7, 11) is 0. The van der Waals surface area contributed by atoms with Gasteiger partial charge in [0.25, 0.3) is 0 Å². The lowest BCUT2D eigenvalue weighted by molar-refractivity contribution is -0.144. The van der Waals surface area contributed by atoms with Crippen molar-refractivity contribution in [3.63, 3.8) is 0 Å². The van der Waals surface area contributed by atoms with E-state index in [1.165, 1.54) is 4.80 Å². The van der Waals surface area contributed by atoms with Gasteiger partial charge in [0.15, 0.2) is 12.0 Å². The third-order valence-electron chi connectivity index (χ3n) is 5.05. The fraction of sp³-hybridized carbons (Fsp3) is 0.360. The Hall–Kier alpha value is -3.68. The van der Waals surface area contributed by atoms with Crippen LogP contribution in [0.4, 0.5) is 0 Å². The second-order valence-corrected chi connectivity index (χ2v) is 8.75. The summed E-state index contributed by atoms with van der Waals surface area (Å²) in [5.74, 6) is -0.163. The van der Waals surface area contributed by atoms with Crippen molar-refractivity contribution in [3.8, 4) is 11.4 Å². The number of ether oxygens (including phenoxy) is 2. The summed E-state index contributed by atoms with van der Waals surface area (Å²) in [6, 6.07) is 11.2. The third kappa shape index (κ3) is 6.19. The number of carbonyl (C=O) groups is 2. The maximum Gasteiger partial charge on any atom is 0.306 e. The van der Waals surface area contributed by atoms with Crippen LogP contribution in [0.5, 0.6) is 5.75 Å². The Kier molecular flexibility index (Phi) is 7.48. The highest BCUT2D eigenvalue weighted by Crippen LogP contribution is 2.36. The summed E-state index contributed by atoms with van der Waals surface area (Å²) in [4.78, 5) is 24.0. The molecule has 2 aromatic carbocycles. The molecule has 0 aliphatic rings. The summed E-state index contributed by atoms with van der Waals surface area (Å²) in [6.07, 6.45) is 1.62. The zero-order chi connectivity index (χ0) is 24.0. The SMILES string of the molecule is C=C(C=O)OCCCOC(=O)CCc1cc(-n2nc3ccccc3n2)c(O)c(C(C)(C)C)c1. The zero-order valence-corrected chi connectivity index (χ0v) is 19.2. The van der Waals surface area contributed by atoms with Crippen LogP contribution in [0.1, 0.15) is 44.7 Å². The maximum absolute atomic E-state index is 12.2. The van der Waals surface area contributed by atoms with Gasteiger partial charge in [0.2, 0.25) is 0 Å². The first-order valence-electron chi connectivity index (χ1n) is 10.8. The van der Waals surface area contributed by atoms with E-state index >= 15 is 0 Å². The number of hydrogen-bond acceptors (Lipinski definition) is 7. The molecule has 0 spiro atoms. The highest BCUT2D eigenvalue weighted by atomic mass is 16.5. The molecule has 0 amide bonds. The Labute approximate surface area is 192 Å². The predicted octanol–water partition coefficient (Wildman–Crippen LogP) is 4.02. The van der Waals surface area contributed by atoms with E-state index in [1.807, 2.05) is 51.1 Å². The number of aromatic hydroxyl groups is 1. The van der Waals surface area contributed by atoms with Crippen LogP contribution in [0.2, 0.25) is 0 Å². The van der Waals surface area contributed by atoms with Crippen molar-refractivity contribution < 1.29 is 24.2 Å². The van der Waals surface area contributed by atoms with Gasteiger partial charge in [-0.1, -0.05) is 45.5 Å². The molecule has 174 valence electrons. The molecule has 0 fully saturated rings. The van der Waals surface area contributed by atoms with Crippen LogP contribution >= 0.6 is 0 Å². The topological polar surface area (TPSA) is 104 Å². The second kappa shape index (κ2) is 10.3. The van der Waals surface area contributed by atoms with E-state index < -0.39 is 0 Å². The molecule has 8 nitrogen and oxygen atoms in total. The first-order valence-corrected chi connectivity index (χ1v) is 10.8. The number of allylic oxidation sites excluding steroid dienone is 1. The number of benzene rings is 2. The number of esters is 1. The van der Waals surface area contributed by atoms with E-state index in [2.05, 4.69) is 16.8 Å². The van der Waals surface area contributed by atoms with Gasteiger partial charge in [-0.3, -0.25) is 9.59 Å². The van der Waals surface area contributed by atoms with Crippen LogP contribution in [-0.2, 0) is 30.9 Å². The minimum Gasteiger partial charge on any atom is -0.505 e. The number of phenols is 1. The molecule has 0 unspecified atom stereocenters. The molecular weight excluding hydrogens is 422 g/mol. The molecule has 0 radical (unpaired) electrons. The lowest BCUT2D eigenvalue weighted by atomic mass is 9.84. The lowest BCUT2D eigenvalue weighted by Crippen LogP contribution is -2.14. The maximum atomic E-state index is 12.2. The number of fused-ring (bicyclic) bond motifs is 1. The first kappa shape index (κ1) is 24.0. The first-order chi connectivity index (χ1) is 15.7. The molecule has 3 rings (SSSR count). The molecule has 0 aliphatic carbocycles. The average molecular weight is 452 g/mol. The average Bonchev–Trinajstić information content (AvgIpc) is 3.21. The van der Waals surface area contributed by atoms with Gasteiger partial charge in [0.05, 0.1) is 13.2 Å². The summed E-state index contributed by atoms with van der Waals surface area (Å²) in [5, 5.41) is 20.0. The number of rotatable bonds is 10. The molecule has 3 aromatic rings. The molecule has 33 heavy (non-hydrogen) atoms. The summed E-state index contributed by atoms with van der Waals surface area (Å²) in [5.41, 5.74) is 3.21. The summed E-state index contributed by atoms with van der Waals surface area (Å²) >= 11 is 0. The molecule has 1 N–H and O–H groups in total. The standard InChI is InChI=1S/C25H29N3O5/c1-17(16-29)32-12-7-13-33-23(30)11-10-18-14-19(25(2,3)4)24(31)22(15-18)28-26-20-8-5-6-9-21(20)27-28/h5-6,8-9,14-16,31H,1,7,10-13H2,2-4H3. The molecular formula is C25H29N3O5. The van der Waals surface area contributed by atoms with Crippen LogP contribution in [0.15, 0.2) is 48.7 Å².